The first-order valence-electron chi connectivity index (χ1n) is 10.6. The van der Waals surface area contributed by atoms with E-state index in [1.807, 2.05) is 30.3 Å². The van der Waals surface area contributed by atoms with Gasteiger partial charge < -0.3 is 15.5 Å². The second-order valence-electron chi connectivity index (χ2n) is 7.93. The van der Waals surface area contributed by atoms with E-state index in [0.717, 1.165) is 65.2 Å². The summed E-state index contributed by atoms with van der Waals surface area (Å²) in [5.74, 6) is 0.786. The third-order valence-electron chi connectivity index (χ3n) is 5.72. The van der Waals surface area contributed by atoms with Crippen LogP contribution in [0.1, 0.15) is 5.56 Å². The third-order valence-corrected chi connectivity index (χ3v) is 5.72. The number of nitrogens with zero attached hydrogens (tertiary/aromatic N) is 4. The van der Waals surface area contributed by atoms with E-state index in [-0.39, 0.29) is 0 Å². The summed E-state index contributed by atoms with van der Waals surface area (Å²) in [6.07, 6.45) is 5.80. The summed E-state index contributed by atoms with van der Waals surface area (Å²) < 4.78 is 1.82. The average molecular weight is 411 g/mol. The summed E-state index contributed by atoms with van der Waals surface area (Å²) in [5, 5.41) is 13.3. The van der Waals surface area contributed by atoms with Crippen molar-refractivity contribution in [3.05, 3.63) is 79.3 Å². The van der Waals surface area contributed by atoms with Gasteiger partial charge in [-0.15, -0.1) is 0 Å². The van der Waals surface area contributed by atoms with E-state index in [9.17, 15) is 0 Å². The Morgan fingerprint density at radius 3 is 2.68 bits per heavy atom. The predicted molar refractivity (Wildman–Crippen MR) is 128 cm³/mol. The fraction of sp³-hybridized carbons (Fsp3) is 0.200. The summed E-state index contributed by atoms with van der Waals surface area (Å²) in [4.78, 5) is 6.99. The van der Waals surface area contributed by atoms with Gasteiger partial charge in [0.15, 0.2) is 0 Å². The number of anilines is 2. The van der Waals surface area contributed by atoms with Crippen LogP contribution in [-0.4, -0.2) is 40.9 Å². The van der Waals surface area contributed by atoms with Gasteiger partial charge in [0.05, 0.1) is 6.20 Å². The van der Waals surface area contributed by atoms with Gasteiger partial charge in [0.1, 0.15) is 5.82 Å². The molecule has 2 aromatic heterocycles. The minimum Gasteiger partial charge on any atom is -0.369 e. The Morgan fingerprint density at radius 2 is 1.87 bits per heavy atom. The minimum absolute atomic E-state index is 0.786. The Balaban J connectivity index is 1.37. The first-order chi connectivity index (χ1) is 15.2. The van der Waals surface area contributed by atoms with Crippen LogP contribution in [0.3, 0.4) is 0 Å². The number of rotatable bonds is 5. The van der Waals surface area contributed by atoms with Crippen LogP contribution < -0.4 is 15.5 Å². The van der Waals surface area contributed by atoms with Gasteiger partial charge in [0, 0.05) is 68.0 Å². The zero-order valence-electron chi connectivity index (χ0n) is 17.7. The van der Waals surface area contributed by atoms with Crippen molar-refractivity contribution in [2.45, 2.75) is 0 Å². The maximum absolute atomic E-state index is 4.58. The molecule has 0 bridgehead atoms. The van der Waals surface area contributed by atoms with E-state index >= 15 is 0 Å². The molecule has 0 spiro atoms. The average Bonchev–Trinajstić information content (AvgIpc) is 3.25. The molecule has 1 saturated heterocycles. The highest BCUT2D eigenvalue weighted by atomic mass is 15.2. The number of fused-ring (bicyclic) bond motifs is 1. The fourth-order valence-corrected chi connectivity index (χ4v) is 4.00. The van der Waals surface area contributed by atoms with E-state index in [1.54, 1.807) is 0 Å². The van der Waals surface area contributed by atoms with Crippen molar-refractivity contribution in [3.8, 4) is 11.1 Å². The summed E-state index contributed by atoms with van der Waals surface area (Å²) >= 11 is 0. The number of nitrogens with one attached hydrogen (secondary N) is 2. The van der Waals surface area contributed by atoms with Crippen molar-refractivity contribution < 1.29 is 0 Å². The molecule has 1 aliphatic rings. The van der Waals surface area contributed by atoms with Crippen molar-refractivity contribution in [1.82, 2.24) is 20.1 Å². The second kappa shape index (κ2) is 8.24. The molecule has 0 unspecified atom stereocenters. The first kappa shape index (κ1) is 19.3. The third kappa shape index (κ3) is 4.15. The number of pyridine rings is 1. The molecule has 5 rings (SSSR count). The topological polar surface area (TPSA) is 58.0 Å². The molecular weight excluding hydrogens is 384 g/mol. The Bertz CT molecular complexity index is 1240. The Hall–Kier alpha value is -3.64. The Morgan fingerprint density at radius 1 is 1.00 bits per heavy atom. The highest BCUT2D eigenvalue weighted by Gasteiger charge is 2.12. The van der Waals surface area contributed by atoms with Crippen LogP contribution in [0.5, 0.6) is 0 Å². The molecule has 6 heteroatoms. The molecule has 3 heterocycles. The molecule has 1 aliphatic heterocycles. The number of piperazine rings is 1. The Kier molecular flexibility index (Phi) is 5.14. The van der Waals surface area contributed by atoms with Gasteiger partial charge in [-0.1, -0.05) is 30.8 Å². The SMILES string of the molecule is C=C(Nc1cc2cc(-c3cnn(C)c3)ccc2cn1)c1cccc(N2CCNCC2)c1. The van der Waals surface area contributed by atoms with Crippen molar-refractivity contribution in [1.29, 1.82) is 0 Å². The van der Waals surface area contributed by atoms with E-state index in [1.165, 1.54) is 5.69 Å². The second-order valence-corrected chi connectivity index (χ2v) is 7.93. The summed E-state index contributed by atoms with van der Waals surface area (Å²) in [7, 11) is 1.93. The van der Waals surface area contributed by atoms with Gasteiger partial charge >= 0.3 is 0 Å². The van der Waals surface area contributed by atoms with E-state index in [2.05, 4.69) is 80.7 Å². The highest BCUT2D eigenvalue weighted by molar-refractivity contribution is 5.89. The lowest BCUT2D eigenvalue weighted by molar-refractivity contribution is 0.589. The molecule has 156 valence electrons. The Labute approximate surface area is 182 Å². The molecule has 0 atom stereocenters. The van der Waals surface area contributed by atoms with Crippen LogP contribution >= 0.6 is 0 Å². The summed E-state index contributed by atoms with van der Waals surface area (Å²) in [6.45, 7) is 8.35. The van der Waals surface area contributed by atoms with Gasteiger partial charge in [-0.3, -0.25) is 4.68 Å². The smallest absolute Gasteiger partial charge is 0.130 e. The highest BCUT2D eigenvalue weighted by Crippen LogP contribution is 2.27. The van der Waals surface area contributed by atoms with E-state index in [0.29, 0.717) is 0 Å². The molecule has 31 heavy (non-hydrogen) atoms. The van der Waals surface area contributed by atoms with Gasteiger partial charge in [0.2, 0.25) is 0 Å². The zero-order chi connectivity index (χ0) is 21.2. The molecule has 0 saturated carbocycles. The molecule has 0 amide bonds. The maximum atomic E-state index is 4.58. The molecule has 2 N–H and O–H groups in total. The maximum Gasteiger partial charge on any atom is 0.130 e. The molecule has 4 aromatic rings. The monoisotopic (exact) mass is 410 g/mol. The quantitative estimate of drug-likeness (QED) is 0.518. The molecule has 6 nitrogen and oxygen atoms in total. The van der Waals surface area contributed by atoms with Crippen LogP contribution in [0.4, 0.5) is 11.5 Å². The predicted octanol–water partition coefficient (Wildman–Crippen LogP) is 4.13. The number of aryl methyl sites for hydroxylation is 1. The van der Waals surface area contributed by atoms with Gasteiger partial charge in [0.25, 0.3) is 0 Å². The lowest BCUT2D eigenvalue weighted by Crippen LogP contribution is -2.43. The number of aromatic nitrogens is 3. The lowest BCUT2D eigenvalue weighted by Gasteiger charge is -2.29. The molecule has 0 radical (unpaired) electrons. The number of benzene rings is 2. The summed E-state index contributed by atoms with van der Waals surface area (Å²) in [6, 6.07) is 17.0. The standard InChI is InChI=1S/C25H26N6/c1-18(19-4-3-5-24(13-19)31-10-8-26-9-11-31)29-25-14-22-12-20(6-7-21(22)15-27-25)23-16-28-30(2)17-23/h3-7,12-17,26H,1,8-11H2,2H3,(H,27,29). The zero-order valence-corrected chi connectivity index (χ0v) is 17.7. The van der Waals surface area contributed by atoms with Crippen molar-refractivity contribution >= 4 is 28.0 Å². The molecule has 0 aliphatic carbocycles. The van der Waals surface area contributed by atoms with Gasteiger partial charge in [-0.05, 0) is 40.8 Å². The van der Waals surface area contributed by atoms with Crippen molar-refractivity contribution in [3.63, 3.8) is 0 Å². The van der Waals surface area contributed by atoms with Crippen LogP contribution in [0, 0.1) is 0 Å². The van der Waals surface area contributed by atoms with E-state index < -0.39 is 0 Å². The first-order valence-corrected chi connectivity index (χ1v) is 10.6. The van der Waals surface area contributed by atoms with Crippen LogP contribution in [-0.2, 0) is 7.05 Å². The van der Waals surface area contributed by atoms with Gasteiger partial charge in [-0.25, -0.2) is 4.98 Å². The summed E-state index contributed by atoms with van der Waals surface area (Å²) in [5.41, 5.74) is 5.38. The number of hydrogen-bond acceptors (Lipinski definition) is 5. The van der Waals surface area contributed by atoms with E-state index in [4.69, 9.17) is 0 Å². The largest absolute Gasteiger partial charge is 0.369 e. The molecular formula is C25H26N6. The van der Waals surface area contributed by atoms with Gasteiger partial charge in [-0.2, -0.15) is 5.10 Å². The fourth-order valence-electron chi connectivity index (χ4n) is 4.00. The van der Waals surface area contributed by atoms with Crippen LogP contribution in [0.25, 0.3) is 27.6 Å². The number of hydrogen-bond donors (Lipinski definition) is 2. The lowest BCUT2D eigenvalue weighted by atomic mass is 10.0. The van der Waals surface area contributed by atoms with Crippen molar-refractivity contribution in [2.75, 3.05) is 36.4 Å². The molecule has 1 fully saturated rings. The normalized spacial score (nSPS) is 14.0. The molecule has 2 aromatic carbocycles. The van der Waals surface area contributed by atoms with Crippen LogP contribution in [0.2, 0.25) is 0 Å². The van der Waals surface area contributed by atoms with Crippen LogP contribution in [0.15, 0.2) is 73.7 Å². The minimum atomic E-state index is 0.786. The van der Waals surface area contributed by atoms with Crippen molar-refractivity contribution in [2.24, 2.45) is 7.05 Å².